The highest BCUT2D eigenvalue weighted by molar-refractivity contribution is 5.53. The van der Waals surface area contributed by atoms with E-state index in [-0.39, 0.29) is 12.7 Å². The number of oxazole rings is 1. The zero-order valence-electron chi connectivity index (χ0n) is 19.5. The molecule has 4 rings (SSSR count). The third kappa shape index (κ3) is 6.84. The number of rotatable bonds is 8. The highest BCUT2D eigenvalue weighted by atomic mass is 19.4. The summed E-state index contributed by atoms with van der Waals surface area (Å²) >= 11 is 0. The summed E-state index contributed by atoms with van der Waals surface area (Å²) in [6.07, 6.45) is -9.37. The Kier molecular flexibility index (Phi) is 7.47. The van der Waals surface area contributed by atoms with Crippen molar-refractivity contribution < 1.29 is 40.2 Å². The fourth-order valence-electron chi connectivity index (χ4n) is 3.49. The molecule has 0 aliphatic heterocycles. The minimum Gasteiger partial charge on any atom is -0.493 e. The van der Waals surface area contributed by atoms with Crippen LogP contribution in [0.25, 0.3) is 11.5 Å². The molecule has 0 aliphatic rings. The third-order valence-electron chi connectivity index (χ3n) is 5.41. The molecule has 37 heavy (non-hydrogen) atoms. The lowest BCUT2D eigenvalue weighted by molar-refractivity contribution is -0.143. The number of hydrogen-bond donors (Lipinski definition) is 0. The Balaban J connectivity index is 1.33. The van der Waals surface area contributed by atoms with Crippen LogP contribution in [-0.2, 0) is 25.4 Å². The van der Waals surface area contributed by atoms with Gasteiger partial charge in [0.25, 0.3) is 0 Å². The first kappa shape index (κ1) is 26.1. The van der Waals surface area contributed by atoms with E-state index < -0.39 is 29.2 Å². The number of aryl methyl sites for hydroxylation is 1. The minimum absolute atomic E-state index is 0.0576. The number of ether oxygens (including phenoxy) is 2. The molecule has 4 nitrogen and oxygen atoms in total. The van der Waals surface area contributed by atoms with E-state index in [1.54, 1.807) is 24.3 Å². The van der Waals surface area contributed by atoms with Crippen LogP contribution in [0.15, 0.2) is 77.2 Å². The van der Waals surface area contributed by atoms with E-state index in [4.69, 9.17) is 13.9 Å². The lowest BCUT2D eigenvalue weighted by Gasteiger charge is -2.15. The van der Waals surface area contributed by atoms with E-state index in [0.29, 0.717) is 48.1 Å². The molecule has 1 heterocycles. The molecule has 0 saturated heterocycles. The van der Waals surface area contributed by atoms with E-state index >= 15 is 0 Å². The lowest BCUT2D eigenvalue weighted by atomic mass is 10.1. The molecule has 0 aliphatic carbocycles. The maximum absolute atomic E-state index is 13.0. The average molecular weight is 521 g/mol. The molecule has 3 aromatic carbocycles. The normalized spacial score (nSPS) is 12.0. The fraction of sp³-hybridized carbons (Fsp3) is 0.222. The topological polar surface area (TPSA) is 44.5 Å². The van der Waals surface area contributed by atoms with Crippen molar-refractivity contribution in [3.8, 4) is 23.0 Å². The van der Waals surface area contributed by atoms with Gasteiger partial charge in [-0.15, -0.1) is 0 Å². The molecular formula is C27H21F6NO3. The van der Waals surface area contributed by atoms with Crippen LogP contribution < -0.4 is 9.47 Å². The Hall–Kier alpha value is -3.95. The summed E-state index contributed by atoms with van der Waals surface area (Å²) in [5, 5.41) is 0. The molecule has 1 aromatic heterocycles. The van der Waals surface area contributed by atoms with E-state index in [1.165, 1.54) is 0 Å². The summed E-state index contributed by atoms with van der Waals surface area (Å²) in [6.45, 7) is 1.92. The number of aromatic nitrogens is 1. The van der Waals surface area contributed by atoms with Crippen molar-refractivity contribution in [3.05, 3.63) is 101 Å². The van der Waals surface area contributed by atoms with Crippen LogP contribution >= 0.6 is 0 Å². The van der Waals surface area contributed by atoms with Crippen LogP contribution in [0, 0.1) is 6.92 Å². The highest BCUT2D eigenvalue weighted by Crippen LogP contribution is 2.38. The maximum Gasteiger partial charge on any atom is 0.416 e. The van der Waals surface area contributed by atoms with E-state index in [1.807, 2.05) is 37.3 Å². The van der Waals surface area contributed by atoms with E-state index in [2.05, 4.69) is 4.98 Å². The van der Waals surface area contributed by atoms with Gasteiger partial charge in [0.15, 0.2) is 0 Å². The zero-order valence-corrected chi connectivity index (χ0v) is 19.5. The van der Waals surface area contributed by atoms with Crippen LogP contribution in [0.5, 0.6) is 11.5 Å². The smallest absolute Gasteiger partial charge is 0.416 e. The summed E-state index contributed by atoms with van der Waals surface area (Å²) in [5.74, 6) is 1.23. The van der Waals surface area contributed by atoms with Crippen LogP contribution in [0.4, 0.5) is 26.3 Å². The third-order valence-corrected chi connectivity index (χ3v) is 5.41. The van der Waals surface area contributed by atoms with Crippen molar-refractivity contribution in [1.29, 1.82) is 0 Å². The van der Waals surface area contributed by atoms with Crippen LogP contribution in [0.1, 0.15) is 28.1 Å². The molecule has 0 saturated carbocycles. The fourth-order valence-corrected chi connectivity index (χ4v) is 3.49. The van der Waals surface area contributed by atoms with Crippen molar-refractivity contribution >= 4 is 0 Å². The predicted octanol–water partition coefficient (Wildman–Crippen LogP) is 7.89. The molecule has 0 atom stereocenters. The Morgan fingerprint density at radius 2 is 1.38 bits per heavy atom. The summed E-state index contributed by atoms with van der Waals surface area (Å²) in [4.78, 5) is 4.52. The number of alkyl halides is 6. The number of benzene rings is 3. The van der Waals surface area contributed by atoms with Gasteiger partial charge in [-0.1, -0.05) is 30.3 Å². The molecule has 0 bridgehead atoms. The molecule has 0 amide bonds. The van der Waals surface area contributed by atoms with Gasteiger partial charge in [0.1, 0.15) is 23.9 Å². The van der Waals surface area contributed by atoms with E-state index in [0.717, 1.165) is 11.3 Å². The molecular weight excluding hydrogens is 500 g/mol. The van der Waals surface area contributed by atoms with Crippen LogP contribution in [0.3, 0.4) is 0 Å². The summed E-state index contributed by atoms with van der Waals surface area (Å²) in [5.41, 5.74) is -0.685. The predicted molar refractivity (Wildman–Crippen MR) is 123 cm³/mol. The minimum atomic E-state index is -4.94. The second-order valence-electron chi connectivity index (χ2n) is 8.16. The van der Waals surface area contributed by atoms with Gasteiger partial charge in [-0.25, -0.2) is 4.98 Å². The average Bonchev–Trinajstić information content (AvgIpc) is 3.23. The van der Waals surface area contributed by atoms with Gasteiger partial charge in [0.2, 0.25) is 5.89 Å². The molecule has 4 aromatic rings. The first-order valence-electron chi connectivity index (χ1n) is 11.1. The Morgan fingerprint density at radius 3 is 1.97 bits per heavy atom. The van der Waals surface area contributed by atoms with Gasteiger partial charge in [-0.05, 0) is 55.0 Å². The quantitative estimate of drug-likeness (QED) is 0.221. The maximum atomic E-state index is 13.0. The molecule has 0 radical (unpaired) electrons. The van der Waals surface area contributed by atoms with E-state index in [9.17, 15) is 26.3 Å². The largest absolute Gasteiger partial charge is 0.493 e. The second kappa shape index (κ2) is 10.6. The molecule has 10 heteroatoms. The van der Waals surface area contributed by atoms with Crippen LogP contribution in [0.2, 0.25) is 0 Å². The SMILES string of the molecule is Cc1oc(-c2ccccc2)nc1CCOc1ccc(COc2cc(C(F)(F)F)cc(C(F)(F)F)c2)cc1. The molecule has 0 N–H and O–H groups in total. The monoisotopic (exact) mass is 521 g/mol. The van der Waals surface area contributed by atoms with Crippen molar-refractivity contribution in [3.63, 3.8) is 0 Å². The van der Waals surface area contributed by atoms with Crippen molar-refractivity contribution in [2.75, 3.05) is 6.61 Å². The summed E-state index contributed by atoms with van der Waals surface area (Å²) in [6, 6.07) is 17.1. The van der Waals surface area contributed by atoms with Crippen molar-refractivity contribution in [1.82, 2.24) is 4.98 Å². The highest BCUT2D eigenvalue weighted by Gasteiger charge is 2.37. The zero-order chi connectivity index (χ0) is 26.6. The standard InChI is InChI=1S/C27H21F6NO3/c1-17-24(34-25(37-17)19-5-3-2-4-6-19)11-12-35-22-9-7-18(8-10-22)16-36-23-14-20(26(28,29)30)13-21(15-23)27(31,32)33/h2-10,13-15H,11-12,16H2,1H3. The first-order chi connectivity index (χ1) is 17.5. The molecule has 0 fully saturated rings. The lowest BCUT2D eigenvalue weighted by Crippen LogP contribution is -2.11. The van der Waals surface area contributed by atoms with Gasteiger partial charge in [0, 0.05) is 12.0 Å². The number of hydrogen-bond acceptors (Lipinski definition) is 4. The Labute approximate surface area is 208 Å². The van der Waals surface area contributed by atoms with Gasteiger partial charge in [-0.3, -0.25) is 0 Å². The molecule has 0 unspecified atom stereocenters. The van der Waals surface area contributed by atoms with Gasteiger partial charge < -0.3 is 13.9 Å². The van der Waals surface area contributed by atoms with Gasteiger partial charge in [0.05, 0.1) is 23.4 Å². The first-order valence-corrected chi connectivity index (χ1v) is 11.1. The second-order valence-corrected chi connectivity index (χ2v) is 8.16. The van der Waals surface area contributed by atoms with Gasteiger partial charge >= 0.3 is 12.4 Å². The number of nitrogens with zero attached hydrogens (tertiary/aromatic N) is 1. The molecule has 194 valence electrons. The van der Waals surface area contributed by atoms with Crippen molar-refractivity contribution in [2.45, 2.75) is 32.3 Å². The van der Waals surface area contributed by atoms with Gasteiger partial charge in [-0.2, -0.15) is 26.3 Å². The Bertz CT molecular complexity index is 1300. The van der Waals surface area contributed by atoms with Crippen molar-refractivity contribution in [2.24, 2.45) is 0 Å². The Morgan fingerprint density at radius 1 is 0.757 bits per heavy atom. The molecule has 0 spiro atoms. The van der Waals surface area contributed by atoms with Crippen LogP contribution in [-0.4, -0.2) is 11.6 Å². The number of halogens is 6. The summed E-state index contributed by atoms with van der Waals surface area (Å²) in [7, 11) is 0. The summed E-state index contributed by atoms with van der Waals surface area (Å²) < 4.78 is 94.8.